The minimum Gasteiger partial charge on any atom is -0.166 e. The molecule has 7 heteroatoms. The highest BCUT2D eigenvalue weighted by atomic mass is 127. The van der Waals surface area contributed by atoms with Crippen molar-refractivity contribution in [2.75, 3.05) is 4.43 Å². The quantitative estimate of drug-likeness (QED) is 0.403. The van der Waals surface area contributed by atoms with Crippen molar-refractivity contribution >= 4 is 22.6 Å². The average Bonchev–Trinajstić information content (AvgIpc) is 2.15. The SMILES string of the molecule is FC(F)(F)c1cccc(C(F)(F)F)c1CCI. The van der Waals surface area contributed by atoms with E-state index in [0.29, 0.717) is 12.1 Å². The van der Waals surface area contributed by atoms with Crippen LogP contribution in [0.1, 0.15) is 16.7 Å². The predicted octanol–water partition coefficient (Wildman–Crippen LogP) is 4.70. The number of hydrogen-bond acceptors (Lipinski definition) is 0. The maximum atomic E-state index is 12.6. The molecule has 0 aliphatic heterocycles. The molecule has 1 aromatic rings. The van der Waals surface area contributed by atoms with Gasteiger partial charge < -0.3 is 0 Å². The van der Waals surface area contributed by atoms with Crippen molar-refractivity contribution < 1.29 is 26.3 Å². The van der Waals surface area contributed by atoms with Crippen LogP contribution in [0.4, 0.5) is 26.3 Å². The fraction of sp³-hybridized carbons (Fsp3) is 0.400. The molecule has 0 aliphatic rings. The van der Waals surface area contributed by atoms with E-state index in [1.807, 2.05) is 0 Å². The van der Waals surface area contributed by atoms with Crippen LogP contribution < -0.4 is 0 Å². The average molecular weight is 368 g/mol. The Balaban J connectivity index is 3.43. The third-order valence-corrected chi connectivity index (χ3v) is 2.67. The lowest BCUT2D eigenvalue weighted by Gasteiger charge is -2.17. The van der Waals surface area contributed by atoms with E-state index >= 15 is 0 Å². The van der Waals surface area contributed by atoms with Gasteiger partial charge in [-0.1, -0.05) is 28.7 Å². The molecule has 0 bridgehead atoms. The lowest BCUT2D eigenvalue weighted by atomic mass is 9.98. The maximum absolute atomic E-state index is 12.6. The summed E-state index contributed by atoms with van der Waals surface area (Å²) in [6.07, 6.45) is -9.78. The first kappa shape index (κ1) is 14.6. The van der Waals surface area contributed by atoms with Crippen LogP contribution in [0, 0.1) is 0 Å². The molecule has 0 saturated carbocycles. The molecule has 0 nitrogen and oxygen atoms in total. The zero-order valence-corrected chi connectivity index (χ0v) is 10.4. The first-order valence-corrected chi connectivity index (χ1v) is 6.02. The summed E-state index contributed by atoms with van der Waals surface area (Å²) in [5, 5.41) is 0. The molecule has 96 valence electrons. The Morgan fingerprint density at radius 3 is 1.59 bits per heavy atom. The second-order valence-electron chi connectivity index (χ2n) is 3.27. The smallest absolute Gasteiger partial charge is 0.166 e. The van der Waals surface area contributed by atoms with Crippen molar-refractivity contribution in [1.29, 1.82) is 0 Å². The topological polar surface area (TPSA) is 0 Å². The highest BCUT2D eigenvalue weighted by Gasteiger charge is 2.39. The summed E-state index contributed by atoms with van der Waals surface area (Å²) in [7, 11) is 0. The minimum absolute atomic E-state index is 0.188. The molecule has 0 spiro atoms. The zero-order valence-electron chi connectivity index (χ0n) is 8.29. The van der Waals surface area contributed by atoms with E-state index in [0.717, 1.165) is 6.07 Å². The van der Waals surface area contributed by atoms with Gasteiger partial charge in [-0.15, -0.1) is 0 Å². The second kappa shape index (κ2) is 5.03. The van der Waals surface area contributed by atoms with Crippen LogP contribution in [0.25, 0.3) is 0 Å². The van der Waals surface area contributed by atoms with Gasteiger partial charge in [0.1, 0.15) is 0 Å². The summed E-state index contributed by atoms with van der Waals surface area (Å²) in [5.74, 6) is 0. The van der Waals surface area contributed by atoms with Crippen LogP contribution in [0.2, 0.25) is 0 Å². The Morgan fingerprint density at radius 2 is 1.29 bits per heavy atom. The third kappa shape index (κ3) is 3.49. The fourth-order valence-corrected chi connectivity index (χ4v) is 2.02. The van der Waals surface area contributed by atoms with E-state index in [4.69, 9.17) is 0 Å². The van der Waals surface area contributed by atoms with Crippen molar-refractivity contribution in [2.24, 2.45) is 0 Å². The van der Waals surface area contributed by atoms with Crippen molar-refractivity contribution in [1.82, 2.24) is 0 Å². The summed E-state index contributed by atoms with van der Waals surface area (Å²) in [4.78, 5) is 0. The minimum atomic E-state index is -4.76. The van der Waals surface area contributed by atoms with Crippen LogP contribution in [-0.2, 0) is 18.8 Å². The number of halogens is 7. The van der Waals surface area contributed by atoms with Gasteiger partial charge in [0.2, 0.25) is 0 Å². The highest BCUT2D eigenvalue weighted by Crippen LogP contribution is 2.39. The van der Waals surface area contributed by atoms with Crippen LogP contribution >= 0.6 is 22.6 Å². The lowest BCUT2D eigenvalue weighted by Crippen LogP contribution is -2.16. The molecule has 0 aliphatic carbocycles. The van der Waals surface area contributed by atoms with Crippen LogP contribution in [0.15, 0.2) is 18.2 Å². The highest BCUT2D eigenvalue weighted by molar-refractivity contribution is 14.1. The van der Waals surface area contributed by atoms with Gasteiger partial charge in [-0.3, -0.25) is 0 Å². The molecular formula is C10H7F6I. The van der Waals surface area contributed by atoms with Gasteiger partial charge in [-0.05, 0) is 24.1 Å². The van der Waals surface area contributed by atoms with E-state index in [2.05, 4.69) is 0 Å². The number of hydrogen-bond donors (Lipinski definition) is 0. The van der Waals surface area contributed by atoms with Gasteiger partial charge in [-0.25, -0.2) is 0 Å². The second-order valence-corrected chi connectivity index (χ2v) is 4.34. The molecule has 0 N–H and O–H groups in total. The van der Waals surface area contributed by atoms with E-state index in [1.165, 1.54) is 0 Å². The molecule has 0 saturated heterocycles. The fourth-order valence-electron chi connectivity index (χ4n) is 1.48. The molecule has 0 amide bonds. The first-order valence-electron chi connectivity index (χ1n) is 4.50. The number of rotatable bonds is 2. The summed E-state index contributed by atoms with van der Waals surface area (Å²) >= 11 is 1.75. The summed E-state index contributed by atoms with van der Waals surface area (Å²) in [5.41, 5.74) is -3.09. The molecule has 0 aromatic heterocycles. The molecule has 0 fully saturated rings. The van der Waals surface area contributed by atoms with Gasteiger partial charge >= 0.3 is 12.4 Å². The van der Waals surface area contributed by atoms with Gasteiger partial charge in [0.15, 0.2) is 0 Å². The van der Waals surface area contributed by atoms with Crippen LogP contribution in [0.3, 0.4) is 0 Å². The number of alkyl halides is 7. The Labute approximate surface area is 107 Å². The van der Waals surface area contributed by atoms with Gasteiger partial charge in [-0.2, -0.15) is 26.3 Å². The molecule has 17 heavy (non-hydrogen) atoms. The van der Waals surface area contributed by atoms with E-state index in [9.17, 15) is 26.3 Å². The first-order chi connectivity index (χ1) is 7.68. The van der Waals surface area contributed by atoms with Crippen molar-refractivity contribution in [3.05, 3.63) is 34.9 Å². The number of benzene rings is 1. The normalized spacial score (nSPS) is 12.9. The maximum Gasteiger partial charge on any atom is 0.416 e. The monoisotopic (exact) mass is 368 g/mol. The molecule has 1 aromatic carbocycles. The summed E-state index contributed by atoms with van der Waals surface area (Å²) in [6, 6.07) is 2.14. The van der Waals surface area contributed by atoms with E-state index in [1.54, 1.807) is 22.6 Å². The molecule has 1 rings (SSSR count). The largest absolute Gasteiger partial charge is 0.416 e. The standard InChI is InChI=1S/C10H7F6I/c11-9(12,13)7-2-1-3-8(10(14,15)16)6(7)4-5-17/h1-3H,4-5H2. The van der Waals surface area contributed by atoms with Crippen LogP contribution in [0.5, 0.6) is 0 Å². The van der Waals surface area contributed by atoms with Gasteiger partial charge in [0.05, 0.1) is 11.1 Å². The van der Waals surface area contributed by atoms with Gasteiger partial charge in [0, 0.05) is 4.43 Å². The molecule has 0 radical (unpaired) electrons. The Hall–Kier alpha value is -0.470. The molecule has 0 heterocycles. The lowest BCUT2D eigenvalue weighted by molar-refractivity contribution is -0.144. The zero-order chi connectivity index (χ0) is 13.3. The van der Waals surface area contributed by atoms with Crippen molar-refractivity contribution in [2.45, 2.75) is 18.8 Å². The Kier molecular flexibility index (Phi) is 4.32. The third-order valence-electron chi connectivity index (χ3n) is 2.13. The van der Waals surface area contributed by atoms with Crippen molar-refractivity contribution in [3.8, 4) is 0 Å². The predicted molar refractivity (Wildman–Crippen MR) is 59.0 cm³/mol. The molecular weight excluding hydrogens is 361 g/mol. The van der Waals surface area contributed by atoms with E-state index < -0.39 is 29.0 Å². The van der Waals surface area contributed by atoms with Crippen molar-refractivity contribution in [3.63, 3.8) is 0 Å². The molecule has 0 atom stereocenters. The summed E-state index contributed by atoms with van der Waals surface area (Å²) in [6.45, 7) is 0. The van der Waals surface area contributed by atoms with E-state index in [-0.39, 0.29) is 10.8 Å². The van der Waals surface area contributed by atoms with Gasteiger partial charge in [0.25, 0.3) is 0 Å². The van der Waals surface area contributed by atoms with Crippen LogP contribution in [-0.4, -0.2) is 4.43 Å². The Bertz CT molecular complexity index is 361. The Morgan fingerprint density at radius 1 is 0.882 bits per heavy atom. The summed E-state index contributed by atoms with van der Waals surface area (Å²) < 4.78 is 75.6. The molecule has 0 unspecified atom stereocenters.